The van der Waals surface area contributed by atoms with Crippen molar-refractivity contribution in [1.82, 2.24) is 29.2 Å². The fourth-order valence-corrected chi connectivity index (χ4v) is 2.59. The van der Waals surface area contributed by atoms with Gasteiger partial charge in [-0.25, -0.2) is 18.4 Å². The lowest BCUT2D eigenvalue weighted by molar-refractivity contribution is 0.111. The minimum atomic E-state index is -0.536. The number of nitrogens with one attached hydrogen (secondary N) is 1. The first-order chi connectivity index (χ1) is 11.6. The third-order valence-corrected chi connectivity index (χ3v) is 3.60. The van der Waals surface area contributed by atoms with E-state index in [0.717, 1.165) is 0 Å². The van der Waals surface area contributed by atoms with E-state index in [1.807, 2.05) is 0 Å². The van der Waals surface area contributed by atoms with Gasteiger partial charge >= 0.3 is 0 Å². The fraction of sp³-hybridized carbons (Fsp3) is 0.0714. The number of hydrogen-bond donors (Lipinski definition) is 2. The molecule has 0 bridgehead atoms. The SMILES string of the molecule is CNc1nc(N)nn2cc(F)c(-c3ccc4ncc(C=O)n4n3)c12. The first-order valence-corrected chi connectivity index (χ1v) is 6.95. The number of imidazole rings is 1. The molecule has 120 valence electrons. The Labute approximate surface area is 133 Å². The summed E-state index contributed by atoms with van der Waals surface area (Å²) in [6, 6.07) is 3.26. The minimum Gasteiger partial charge on any atom is -0.371 e. The van der Waals surface area contributed by atoms with Gasteiger partial charge in [0.1, 0.15) is 11.2 Å². The summed E-state index contributed by atoms with van der Waals surface area (Å²) in [5, 5.41) is 11.2. The molecular weight excluding hydrogens is 315 g/mol. The highest BCUT2D eigenvalue weighted by molar-refractivity contribution is 5.88. The van der Waals surface area contributed by atoms with Gasteiger partial charge in [-0.2, -0.15) is 10.1 Å². The topological polar surface area (TPSA) is 115 Å². The van der Waals surface area contributed by atoms with E-state index >= 15 is 0 Å². The van der Waals surface area contributed by atoms with E-state index in [-0.39, 0.29) is 17.2 Å². The van der Waals surface area contributed by atoms with Gasteiger partial charge in [0, 0.05) is 7.05 Å². The number of carbonyl (C=O) groups excluding carboxylic acids is 1. The van der Waals surface area contributed by atoms with E-state index in [1.165, 1.54) is 21.4 Å². The number of nitrogen functional groups attached to an aromatic ring is 1. The van der Waals surface area contributed by atoms with E-state index in [0.29, 0.717) is 29.0 Å². The van der Waals surface area contributed by atoms with E-state index in [4.69, 9.17) is 5.73 Å². The molecule has 0 unspecified atom stereocenters. The molecule has 0 aliphatic carbocycles. The maximum atomic E-state index is 14.6. The van der Waals surface area contributed by atoms with Gasteiger partial charge in [0.05, 0.1) is 23.7 Å². The van der Waals surface area contributed by atoms with E-state index in [9.17, 15) is 9.18 Å². The fourth-order valence-electron chi connectivity index (χ4n) is 2.59. The van der Waals surface area contributed by atoms with Crippen molar-refractivity contribution in [3.63, 3.8) is 0 Å². The number of rotatable bonds is 3. The number of anilines is 2. The zero-order valence-electron chi connectivity index (χ0n) is 12.4. The van der Waals surface area contributed by atoms with Gasteiger partial charge in [0.15, 0.2) is 23.6 Å². The van der Waals surface area contributed by atoms with Crippen LogP contribution in [0.2, 0.25) is 0 Å². The highest BCUT2D eigenvalue weighted by atomic mass is 19.1. The van der Waals surface area contributed by atoms with Crippen molar-refractivity contribution in [3.8, 4) is 11.3 Å². The molecule has 9 nitrogen and oxygen atoms in total. The van der Waals surface area contributed by atoms with Crippen molar-refractivity contribution in [2.24, 2.45) is 0 Å². The maximum Gasteiger partial charge on any atom is 0.240 e. The van der Waals surface area contributed by atoms with Gasteiger partial charge in [0.25, 0.3) is 0 Å². The van der Waals surface area contributed by atoms with Crippen LogP contribution in [0.4, 0.5) is 16.2 Å². The van der Waals surface area contributed by atoms with Crippen molar-refractivity contribution < 1.29 is 9.18 Å². The van der Waals surface area contributed by atoms with E-state index < -0.39 is 5.82 Å². The Balaban J connectivity index is 2.06. The lowest BCUT2D eigenvalue weighted by atomic mass is 10.2. The lowest BCUT2D eigenvalue weighted by Crippen LogP contribution is -2.06. The number of nitrogens with zero attached hydrogens (tertiary/aromatic N) is 6. The number of aromatic nitrogens is 6. The largest absolute Gasteiger partial charge is 0.371 e. The summed E-state index contributed by atoms with van der Waals surface area (Å²) in [7, 11) is 1.65. The monoisotopic (exact) mass is 326 g/mol. The number of fused-ring (bicyclic) bond motifs is 2. The Kier molecular flexibility index (Phi) is 2.92. The smallest absolute Gasteiger partial charge is 0.240 e. The number of halogens is 1. The number of nitrogens with two attached hydrogens (primary N) is 1. The summed E-state index contributed by atoms with van der Waals surface area (Å²) in [4.78, 5) is 19.2. The number of hydrogen-bond acceptors (Lipinski definition) is 7. The molecule has 0 amide bonds. The molecule has 0 aromatic carbocycles. The summed E-state index contributed by atoms with van der Waals surface area (Å²) >= 11 is 0. The van der Waals surface area contributed by atoms with Gasteiger partial charge in [-0.3, -0.25) is 4.79 Å². The Hall–Kier alpha value is -3.56. The zero-order valence-corrected chi connectivity index (χ0v) is 12.4. The predicted molar refractivity (Wildman–Crippen MR) is 84.3 cm³/mol. The molecule has 10 heteroatoms. The first-order valence-electron chi connectivity index (χ1n) is 6.95. The van der Waals surface area contributed by atoms with Crippen LogP contribution in [0.1, 0.15) is 10.5 Å². The molecule has 0 atom stereocenters. The average Bonchev–Trinajstić information content (AvgIpc) is 3.13. The van der Waals surface area contributed by atoms with Crippen LogP contribution >= 0.6 is 0 Å². The van der Waals surface area contributed by atoms with Crippen LogP contribution in [0.5, 0.6) is 0 Å². The normalized spacial score (nSPS) is 11.2. The Morgan fingerprint density at radius 1 is 1.33 bits per heavy atom. The van der Waals surface area contributed by atoms with Crippen molar-refractivity contribution in [1.29, 1.82) is 0 Å². The van der Waals surface area contributed by atoms with E-state index in [1.54, 1.807) is 19.2 Å². The van der Waals surface area contributed by atoms with Gasteiger partial charge in [0.2, 0.25) is 5.95 Å². The molecule has 0 aliphatic heterocycles. The molecule has 3 N–H and O–H groups in total. The molecule has 0 fully saturated rings. The second kappa shape index (κ2) is 4.98. The van der Waals surface area contributed by atoms with Crippen LogP contribution in [0.3, 0.4) is 0 Å². The Bertz CT molecular complexity index is 1100. The third kappa shape index (κ3) is 1.89. The van der Waals surface area contributed by atoms with Crippen molar-refractivity contribution in [2.45, 2.75) is 0 Å². The molecule has 4 rings (SSSR count). The molecule has 0 saturated carbocycles. The lowest BCUT2D eigenvalue weighted by Gasteiger charge is -2.06. The van der Waals surface area contributed by atoms with Crippen molar-refractivity contribution >= 4 is 29.2 Å². The number of carbonyl (C=O) groups is 1. The predicted octanol–water partition coefficient (Wildman–Crippen LogP) is 1.01. The van der Waals surface area contributed by atoms with Crippen LogP contribution in [-0.2, 0) is 0 Å². The molecule has 0 saturated heterocycles. The van der Waals surface area contributed by atoms with Crippen LogP contribution in [0.15, 0.2) is 24.5 Å². The summed E-state index contributed by atoms with van der Waals surface area (Å²) in [5.41, 5.74) is 7.28. The maximum absolute atomic E-state index is 14.6. The molecular formula is C14H11FN8O. The van der Waals surface area contributed by atoms with Crippen molar-refractivity contribution in [3.05, 3.63) is 36.0 Å². The second-order valence-electron chi connectivity index (χ2n) is 5.00. The van der Waals surface area contributed by atoms with Crippen LogP contribution in [-0.4, -0.2) is 42.5 Å². The summed E-state index contributed by atoms with van der Waals surface area (Å²) < 4.78 is 17.2. The Morgan fingerprint density at radius 2 is 2.17 bits per heavy atom. The molecule has 0 spiro atoms. The number of aldehydes is 1. The highest BCUT2D eigenvalue weighted by Gasteiger charge is 2.20. The summed E-state index contributed by atoms with van der Waals surface area (Å²) in [6.45, 7) is 0. The zero-order chi connectivity index (χ0) is 16.8. The molecule has 0 aliphatic rings. The van der Waals surface area contributed by atoms with Gasteiger partial charge < -0.3 is 11.1 Å². The quantitative estimate of drug-likeness (QED) is 0.540. The molecule has 4 aromatic heterocycles. The minimum absolute atomic E-state index is 0.00895. The first kappa shape index (κ1) is 14.1. The molecule has 24 heavy (non-hydrogen) atoms. The van der Waals surface area contributed by atoms with Crippen LogP contribution in [0.25, 0.3) is 22.4 Å². The summed E-state index contributed by atoms with van der Waals surface area (Å²) in [5.74, 6) is -0.162. The Morgan fingerprint density at radius 3 is 2.92 bits per heavy atom. The van der Waals surface area contributed by atoms with Crippen molar-refractivity contribution in [2.75, 3.05) is 18.1 Å². The standard InChI is InChI=1S/C14H11FN8O/c1-17-13-12-11(8(15)5-22(12)21-14(16)19-13)9-2-3-10-18-4-7(6-24)23(10)20-9/h2-6H,1H3,(H3,16,17,19,21). The second-order valence-corrected chi connectivity index (χ2v) is 5.00. The van der Waals surface area contributed by atoms with Gasteiger partial charge in [-0.05, 0) is 12.1 Å². The van der Waals surface area contributed by atoms with E-state index in [2.05, 4.69) is 25.5 Å². The molecule has 4 aromatic rings. The van der Waals surface area contributed by atoms with Crippen LogP contribution < -0.4 is 11.1 Å². The third-order valence-electron chi connectivity index (χ3n) is 3.60. The molecule has 0 radical (unpaired) electrons. The highest BCUT2D eigenvalue weighted by Crippen LogP contribution is 2.31. The van der Waals surface area contributed by atoms with Gasteiger partial charge in [-0.15, -0.1) is 5.10 Å². The molecule has 4 heterocycles. The van der Waals surface area contributed by atoms with Gasteiger partial charge in [-0.1, -0.05) is 0 Å². The average molecular weight is 326 g/mol. The summed E-state index contributed by atoms with van der Waals surface area (Å²) in [6.07, 6.45) is 3.23. The van der Waals surface area contributed by atoms with Crippen LogP contribution in [0, 0.1) is 5.82 Å².